The van der Waals surface area contributed by atoms with Gasteiger partial charge in [-0.25, -0.2) is 0 Å². The van der Waals surface area contributed by atoms with E-state index in [0.29, 0.717) is 17.1 Å². The molecule has 0 aliphatic carbocycles. The van der Waals surface area contributed by atoms with E-state index in [1.54, 1.807) is 4.57 Å². The standard InChI is InChI=1S/C19H26N5OS.Ce/c1-14-17(20)22(2)19(26)23(3)18(14)21-11-16-13-24(9-10-25-16)12-15-7-5-4-6-8-15;/h5-8,16H,9-13,20H2,1-3H3;/q-1;. The van der Waals surface area contributed by atoms with Gasteiger partial charge >= 0.3 is 0 Å². The second-order valence-electron chi connectivity index (χ2n) is 6.71. The minimum Gasteiger partial charge on any atom is -0.385 e. The number of nitrogens with two attached hydrogens (primary N) is 1. The van der Waals surface area contributed by atoms with Gasteiger partial charge in [0.05, 0.1) is 19.3 Å². The van der Waals surface area contributed by atoms with Gasteiger partial charge in [-0.1, -0.05) is 0 Å². The summed E-state index contributed by atoms with van der Waals surface area (Å²) in [5.74, 6) is 0.652. The Bertz CT molecular complexity index is 893. The molecule has 1 aliphatic rings. The SMILES string of the molecule is Cc1c(N)n(C)c(=S)n(C)c1=NCC1CN(Cc2cc[c-]cc2)CCO1.[Ce]. The number of nitrogens with zero attached hydrogens (tertiary/aromatic N) is 4. The first-order chi connectivity index (χ1) is 12.5. The Morgan fingerprint density at radius 2 is 2.00 bits per heavy atom. The average molecular weight is 513 g/mol. The van der Waals surface area contributed by atoms with Crippen LogP contribution < -0.4 is 11.2 Å². The molecule has 0 amide bonds. The third kappa shape index (κ3) is 5.48. The van der Waals surface area contributed by atoms with E-state index < -0.39 is 0 Å². The summed E-state index contributed by atoms with van der Waals surface area (Å²) in [7, 11) is 3.80. The molecule has 2 N–H and O–H groups in total. The van der Waals surface area contributed by atoms with Crippen LogP contribution in [0.4, 0.5) is 5.82 Å². The molecule has 1 atom stereocenters. The number of rotatable bonds is 4. The Labute approximate surface area is 199 Å². The van der Waals surface area contributed by atoms with Gasteiger partial charge in [0, 0.05) is 81.0 Å². The normalized spacial score (nSPS) is 18.3. The molecule has 27 heavy (non-hydrogen) atoms. The number of hydrogen-bond donors (Lipinski definition) is 1. The molecule has 144 valence electrons. The fourth-order valence-corrected chi connectivity index (χ4v) is 3.45. The first kappa shape index (κ1) is 22.7. The van der Waals surface area contributed by atoms with Crippen molar-refractivity contribution >= 4 is 18.0 Å². The Balaban J connectivity index is 0.00000261. The van der Waals surface area contributed by atoms with E-state index in [2.05, 4.69) is 23.1 Å². The van der Waals surface area contributed by atoms with Crippen LogP contribution in [0.3, 0.4) is 0 Å². The van der Waals surface area contributed by atoms with E-state index in [9.17, 15) is 0 Å². The summed E-state index contributed by atoms with van der Waals surface area (Å²) in [5.41, 5.74) is 9.21. The van der Waals surface area contributed by atoms with Gasteiger partial charge in [-0.05, 0) is 19.1 Å². The van der Waals surface area contributed by atoms with Crippen molar-refractivity contribution in [2.75, 3.05) is 32.0 Å². The zero-order valence-corrected chi connectivity index (χ0v) is 20.1. The van der Waals surface area contributed by atoms with Gasteiger partial charge in [-0.3, -0.25) is 9.89 Å². The summed E-state index contributed by atoms with van der Waals surface area (Å²) in [6.07, 6.45) is 0.0715. The van der Waals surface area contributed by atoms with Crippen LogP contribution >= 0.6 is 12.2 Å². The molecule has 0 radical (unpaired) electrons. The van der Waals surface area contributed by atoms with Crippen LogP contribution in [0.2, 0.25) is 0 Å². The summed E-state index contributed by atoms with van der Waals surface area (Å²) >= 11 is 5.44. The van der Waals surface area contributed by atoms with E-state index in [-0.39, 0.29) is 47.9 Å². The third-order valence-electron chi connectivity index (χ3n) is 4.83. The molecule has 8 heteroatoms. The minimum absolute atomic E-state index is 0. The number of benzene rings is 1. The first-order valence-corrected chi connectivity index (χ1v) is 9.19. The fraction of sp³-hybridized carbons (Fsp3) is 0.474. The maximum absolute atomic E-state index is 6.15. The van der Waals surface area contributed by atoms with Crippen LogP contribution in [0.5, 0.6) is 0 Å². The summed E-state index contributed by atoms with van der Waals surface area (Å²) in [4.78, 5) is 7.19. The Morgan fingerprint density at radius 3 is 2.70 bits per heavy atom. The number of morpholine rings is 1. The van der Waals surface area contributed by atoms with E-state index in [0.717, 1.165) is 37.3 Å². The predicted octanol–water partition coefficient (Wildman–Crippen LogP) is 1.59. The molecule has 2 heterocycles. The number of aromatic nitrogens is 2. The zero-order valence-electron chi connectivity index (χ0n) is 16.1. The molecule has 1 aromatic heterocycles. The molecule has 0 spiro atoms. The van der Waals surface area contributed by atoms with Crippen LogP contribution in [-0.2, 0) is 25.4 Å². The predicted molar refractivity (Wildman–Crippen MR) is 105 cm³/mol. The van der Waals surface area contributed by atoms with Crippen molar-refractivity contribution in [1.82, 2.24) is 14.0 Å². The van der Waals surface area contributed by atoms with Crippen molar-refractivity contribution in [1.29, 1.82) is 0 Å². The van der Waals surface area contributed by atoms with E-state index in [1.165, 1.54) is 5.56 Å². The van der Waals surface area contributed by atoms with Gasteiger partial charge in [0.1, 0.15) is 11.3 Å². The molecule has 6 nitrogen and oxygen atoms in total. The smallest absolute Gasteiger partial charge is 0.182 e. The van der Waals surface area contributed by atoms with Gasteiger partial charge < -0.3 is 19.6 Å². The summed E-state index contributed by atoms with van der Waals surface area (Å²) < 4.78 is 10.3. The van der Waals surface area contributed by atoms with Crippen molar-refractivity contribution in [3.63, 3.8) is 0 Å². The molecule has 0 bridgehead atoms. The summed E-state index contributed by atoms with van der Waals surface area (Å²) in [5, 5.41) is 0. The number of ether oxygens (including phenoxy) is 1. The van der Waals surface area contributed by atoms with E-state index in [4.69, 9.17) is 27.7 Å². The van der Waals surface area contributed by atoms with Crippen molar-refractivity contribution in [3.8, 4) is 0 Å². The zero-order chi connectivity index (χ0) is 18.7. The largest absolute Gasteiger partial charge is 0.385 e. The topological polar surface area (TPSA) is 60.7 Å². The molecule has 1 aliphatic heterocycles. The number of nitrogen functional groups attached to an aromatic ring is 1. The summed E-state index contributed by atoms with van der Waals surface area (Å²) in [6, 6.07) is 11.2. The van der Waals surface area contributed by atoms with Crippen LogP contribution in [0.1, 0.15) is 11.1 Å². The monoisotopic (exact) mass is 512 g/mol. The molecule has 2 aromatic rings. The van der Waals surface area contributed by atoms with Gasteiger partial charge in [0.2, 0.25) is 0 Å². The second-order valence-corrected chi connectivity index (χ2v) is 7.08. The summed E-state index contributed by atoms with van der Waals surface area (Å²) in [6.45, 7) is 6.02. The maximum Gasteiger partial charge on any atom is 0.182 e. The molecule has 1 fully saturated rings. The van der Waals surface area contributed by atoms with Crippen molar-refractivity contribution in [2.24, 2.45) is 19.1 Å². The first-order valence-electron chi connectivity index (χ1n) is 8.79. The van der Waals surface area contributed by atoms with Gasteiger partial charge in [-0.2, -0.15) is 30.3 Å². The molecule has 3 rings (SSSR count). The number of hydrogen-bond acceptors (Lipinski definition) is 5. The Hall–Kier alpha value is -0.583. The van der Waals surface area contributed by atoms with Crippen LogP contribution in [-0.4, -0.2) is 46.4 Å². The minimum atomic E-state index is 0. The molecule has 1 unspecified atom stereocenters. The fourth-order valence-electron chi connectivity index (χ4n) is 3.27. The van der Waals surface area contributed by atoms with Crippen molar-refractivity contribution < 1.29 is 46.5 Å². The van der Waals surface area contributed by atoms with Crippen LogP contribution in [0.25, 0.3) is 0 Å². The third-order valence-corrected chi connectivity index (χ3v) is 5.38. The van der Waals surface area contributed by atoms with Crippen molar-refractivity contribution in [2.45, 2.75) is 19.6 Å². The molecule has 1 aromatic carbocycles. The quantitative estimate of drug-likeness (QED) is 0.500. The van der Waals surface area contributed by atoms with Gasteiger partial charge in [0.15, 0.2) is 4.77 Å². The Morgan fingerprint density at radius 1 is 1.30 bits per heavy atom. The van der Waals surface area contributed by atoms with Gasteiger partial charge in [-0.15, -0.1) is 5.56 Å². The van der Waals surface area contributed by atoms with Crippen molar-refractivity contribution in [3.05, 3.63) is 51.7 Å². The van der Waals surface area contributed by atoms with Crippen LogP contribution in [0, 0.1) is 59.5 Å². The molecular formula is C19H26CeN5OS-. The molecular weight excluding hydrogens is 486 g/mol. The van der Waals surface area contributed by atoms with Gasteiger partial charge in [0.25, 0.3) is 0 Å². The second kappa shape index (κ2) is 10.3. The molecule has 0 saturated carbocycles. The van der Waals surface area contributed by atoms with Crippen LogP contribution in [0.15, 0.2) is 29.3 Å². The molecule has 1 saturated heterocycles. The number of anilines is 1. The average Bonchev–Trinajstić information content (AvgIpc) is 2.66. The van der Waals surface area contributed by atoms with E-state index >= 15 is 0 Å². The van der Waals surface area contributed by atoms with E-state index in [1.807, 2.05) is 37.7 Å². The Kier molecular flexibility index (Phi) is 8.63. The maximum atomic E-state index is 6.15.